The number of rotatable bonds is 5. The van der Waals surface area contributed by atoms with Crippen molar-refractivity contribution in [1.29, 1.82) is 0 Å². The maximum Gasteiger partial charge on any atom is 0.279 e. The van der Waals surface area contributed by atoms with Gasteiger partial charge in [0.05, 0.1) is 11.9 Å². The summed E-state index contributed by atoms with van der Waals surface area (Å²) < 4.78 is 37.8. The van der Waals surface area contributed by atoms with Crippen molar-refractivity contribution < 1.29 is 17.8 Å². The fourth-order valence-electron chi connectivity index (χ4n) is 2.30. The Bertz CT molecular complexity index is 1140. The molecule has 9 heteroatoms. The molecule has 26 heavy (non-hydrogen) atoms. The number of para-hydroxylation sites is 1. The summed E-state index contributed by atoms with van der Waals surface area (Å²) in [5, 5.41) is 7.24. The molecule has 0 aliphatic rings. The number of aromatic nitrogens is 3. The number of anilines is 1. The van der Waals surface area contributed by atoms with Gasteiger partial charge in [-0.3, -0.25) is 4.72 Å². The van der Waals surface area contributed by atoms with Crippen LogP contribution in [0.4, 0.5) is 5.69 Å². The van der Waals surface area contributed by atoms with Crippen molar-refractivity contribution in [1.82, 2.24) is 15.3 Å². The Morgan fingerprint density at radius 2 is 1.73 bits per heavy atom. The number of hydrogen-bond donors (Lipinski definition) is 1. The maximum absolute atomic E-state index is 12.5. The van der Waals surface area contributed by atoms with Crippen molar-refractivity contribution in [2.24, 2.45) is 0 Å². The molecule has 8 nitrogen and oxygen atoms in total. The van der Waals surface area contributed by atoms with E-state index in [0.717, 1.165) is 0 Å². The Kier molecular flexibility index (Phi) is 3.98. The van der Waals surface area contributed by atoms with Gasteiger partial charge in [0.1, 0.15) is 17.0 Å². The van der Waals surface area contributed by atoms with Crippen LogP contribution < -0.4 is 9.46 Å². The highest BCUT2D eigenvalue weighted by molar-refractivity contribution is 7.92. The van der Waals surface area contributed by atoms with E-state index in [1.54, 1.807) is 30.3 Å². The molecule has 0 aliphatic carbocycles. The van der Waals surface area contributed by atoms with Crippen LogP contribution in [-0.4, -0.2) is 23.7 Å². The van der Waals surface area contributed by atoms with Crippen LogP contribution in [-0.2, 0) is 10.0 Å². The molecule has 0 spiro atoms. The predicted molar refractivity (Wildman–Crippen MR) is 93.4 cm³/mol. The minimum absolute atomic E-state index is 0.147. The van der Waals surface area contributed by atoms with Gasteiger partial charge >= 0.3 is 0 Å². The first kappa shape index (κ1) is 16.0. The third kappa shape index (κ3) is 3.20. The predicted octanol–water partition coefficient (Wildman–Crippen LogP) is 3.21. The molecule has 0 saturated carbocycles. The van der Waals surface area contributed by atoms with Gasteiger partial charge in [0.15, 0.2) is 10.5 Å². The van der Waals surface area contributed by atoms with E-state index in [9.17, 15) is 8.42 Å². The van der Waals surface area contributed by atoms with Crippen LogP contribution >= 0.6 is 0 Å². The summed E-state index contributed by atoms with van der Waals surface area (Å²) in [5.74, 6) is 1.06. The molecule has 0 amide bonds. The average Bonchev–Trinajstić information content (AvgIpc) is 3.13. The Hall–Kier alpha value is -3.46. The van der Waals surface area contributed by atoms with Crippen molar-refractivity contribution in [2.45, 2.75) is 5.03 Å². The molecule has 4 aromatic rings. The van der Waals surface area contributed by atoms with Gasteiger partial charge in [-0.1, -0.05) is 24.3 Å². The molecule has 0 bridgehead atoms. The maximum atomic E-state index is 12.5. The van der Waals surface area contributed by atoms with Crippen molar-refractivity contribution in [3.05, 3.63) is 66.9 Å². The largest absolute Gasteiger partial charge is 0.456 e. The molecule has 2 heterocycles. The lowest BCUT2D eigenvalue weighted by atomic mass is 10.3. The van der Waals surface area contributed by atoms with E-state index in [0.29, 0.717) is 22.5 Å². The average molecular weight is 368 g/mol. The molecule has 0 fully saturated rings. The van der Waals surface area contributed by atoms with E-state index in [1.165, 1.54) is 18.3 Å². The number of benzene rings is 2. The van der Waals surface area contributed by atoms with E-state index in [2.05, 4.69) is 24.6 Å². The van der Waals surface area contributed by atoms with E-state index < -0.39 is 10.0 Å². The number of nitrogens with zero attached hydrogens (tertiary/aromatic N) is 3. The van der Waals surface area contributed by atoms with Gasteiger partial charge in [-0.2, -0.15) is 8.42 Å². The lowest BCUT2D eigenvalue weighted by molar-refractivity contribution is 0.315. The molecule has 4 rings (SSSR count). The van der Waals surface area contributed by atoms with Crippen molar-refractivity contribution in [3.8, 4) is 11.5 Å². The van der Waals surface area contributed by atoms with Crippen molar-refractivity contribution in [3.63, 3.8) is 0 Å². The molecule has 0 radical (unpaired) electrons. The highest BCUT2D eigenvalue weighted by Crippen LogP contribution is 2.24. The highest BCUT2D eigenvalue weighted by atomic mass is 32.2. The summed E-state index contributed by atoms with van der Waals surface area (Å²) in [7, 11) is -3.90. The monoisotopic (exact) mass is 368 g/mol. The van der Waals surface area contributed by atoms with E-state index in [1.807, 2.05) is 18.2 Å². The van der Waals surface area contributed by atoms with Crippen molar-refractivity contribution >= 4 is 26.7 Å². The van der Waals surface area contributed by atoms with Crippen LogP contribution in [0.25, 0.3) is 11.0 Å². The second-order valence-electron chi connectivity index (χ2n) is 5.29. The lowest BCUT2D eigenvalue weighted by Gasteiger charge is -2.08. The zero-order valence-corrected chi connectivity index (χ0v) is 14.1. The highest BCUT2D eigenvalue weighted by Gasteiger charge is 2.18. The van der Waals surface area contributed by atoms with Crippen LogP contribution in [0.2, 0.25) is 0 Å². The fraction of sp³-hybridized carbons (Fsp3) is 0. The Labute approximate surface area is 148 Å². The molecule has 1 N–H and O–H groups in total. The van der Waals surface area contributed by atoms with Gasteiger partial charge in [-0.15, -0.1) is 0 Å². The van der Waals surface area contributed by atoms with Gasteiger partial charge in [0.25, 0.3) is 10.0 Å². The summed E-state index contributed by atoms with van der Waals surface area (Å²) in [5.41, 5.74) is 1.03. The molecule has 2 aromatic heterocycles. The molecule has 2 aromatic carbocycles. The number of pyridine rings is 1. The summed E-state index contributed by atoms with van der Waals surface area (Å²) in [6, 6.07) is 16.9. The number of nitrogens with one attached hydrogen (secondary N) is 1. The standard InChI is InChI=1S/C17H12N4O4S/c22-26(23,21-15-8-4-7-14-17(15)20-25-19-14)16-10-9-13(11-18-16)24-12-5-2-1-3-6-12/h1-11,21H. The Morgan fingerprint density at radius 3 is 2.50 bits per heavy atom. The Morgan fingerprint density at radius 1 is 0.885 bits per heavy atom. The smallest absolute Gasteiger partial charge is 0.279 e. The second kappa shape index (κ2) is 6.45. The summed E-state index contributed by atoms with van der Waals surface area (Å²) in [4.78, 5) is 3.98. The molecule has 0 atom stereocenters. The van der Waals surface area contributed by atoms with Crippen LogP contribution in [0.15, 0.2) is 76.5 Å². The number of hydrogen-bond acceptors (Lipinski definition) is 7. The quantitative estimate of drug-likeness (QED) is 0.576. The SMILES string of the molecule is O=S(=O)(Nc1cccc2nonc12)c1ccc(Oc2ccccc2)cn1. The third-order valence-corrected chi connectivity index (χ3v) is 4.77. The minimum atomic E-state index is -3.90. The second-order valence-corrected chi connectivity index (χ2v) is 6.92. The third-order valence-electron chi connectivity index (χ3n) is 3.49. The summed E-state index contributed by atoms with van der Waals surface area (Å²) in [6.07, 6.45) is 1.35. The summed E-state index contributed by atoms with van der Waals surface area (Å²) in [6.45, 7) is 0. The summed E-state index contributed by atoms with van der Waals surface area (Å²) >= 11 is 0. The molecule has 0 unspecified atom stereocenters. The number of ether oxygens (including phenoxy) is 1. The zero-order valence-electron chi connectivity index (χ0n) is 13.2. The molecular weight excluding hydrogens is 356 g/mol. The van der Waals surface area contributed by atoms with E-state index in [4.69, 9.17) is 4.74 Å². The number of fused-ring (bicyclic) bond motifs is 1. The molecule has 0 aliphatic heterocycles. The van der Waals surface area contributed by atoms with Gasteiger partial charge in [-0.05, 0) is 46.7 Å². The number of sulfonamides is 1. The minimum Gasteiger partial charge on any atom is -0.456 e. The van der Waals surface area contributed by atoms with Gasteiger partial charge in [0, 0.05) is 0 Å². The van der Waals surface area contributed by atoms with Gasteiger partial charge in [-0.25, -0.2) is 9.61 Å². The fourth-order valence-corrected chi connectivity index (χ4v) is 3.29. The van der Waals surface area contributed by atoms with E-state index in [-0.39, 0.29) is 10.7 Å². The van der Waals surface area contributed by atoms with Gasteiger partial charge in [0.2, 0.25) is 0 Å². The van der Waals surface area contributed by atoms with Gasteiger partial charge < -0.3 is 4.74 Å². The molecule has 130 valence electrons. The Balaban J connectivity index is 1.57. The van der Waals surface area contributed by atoms with Crippen molar-refractivity contribution in [2.75, 3.05) is 4.72 Å². The zero-order chi connectivity index (χ0) is 18.0. The lowest BCUT2D eigenvalue weighted by Crippen LogP contribution is -2.14. The van der Waals surface area contributed by atoms with E-state index >= 15 is 0 Å². The van der Waals surface area contributed by atoms with Crippen LogP contribution in [0, 0.1) is 0 Å². The first-order valence-corrected chi connectivity index (χ1v) is 9.03. The molecular formula is C17H12N4O4S. The first-order valence-electron chi connectivity index (χ1n) is 7.55. The van der Waals surface area contributed by atoms with Crippen LogP contribution in [0.3, 0.4) is 0 Å². The van der Waals surface area contributed by atoms with Crippen LogP contribution in [0.1, 0.15) is 0 Å². The topological polar surface area (TPSA) is 107 Å². The molecule has 0 saturated heterocycles. The van der Waals surface area contributed by atoms with Crippen LogP contribution in [0.5, 0.6) is 11.5 Å². The normalized spacial score (nSPS) is 11.4. The first-order chi connectivity index (χ1) is 12.6.